The highest BCUT2D eigenvalue weighted by Crippen LogP contribution is 2.32. The van der Waals surface area contributed by atoms with Crippen LogP contribution in [0.4, 0.5) is 5.82 Å². The molecule has 0 radical (unpaired) electrons. The number of nitrogens with one attached hydrogen (secondary N) is 2. The number of fused-ring (bicyclic) bond motifs is 1. The minimum Gasteiger partial charge on any atom is -0.454 e. The Bertz CT molecular complexity index is 757. The average molecular weight is 342 g/mol. The Hall–Kier alpha value is -2.80. The van der Waals surface area contributed by atoms with Gasteiger partial charge in [-0.2, -0.15) is 0 Å². The third kappa shape index (κ3) is 3.51. The highest BCUT2D eigenvalue weighted by molar-refractivity contribution is 5.93. The number of hydrogen-bond acceptors (Lipinski definition) is 5. The van der Waals surface area contributed by atoms with E-state index in [-0.39, 0.29) is 12.7 Å². The van der Waals surface area contributed by atoms with E-state index in [1.807, 2.05) is 30.3 Å². The summed E-state index contributed by atoms with van der Waals surface area (Å²) in [5.41, 5.74) is 1.56. The van der Waals surface area contributed by atoms with E-state index in [0.717, 1.165) is 49.2 Å². The Labute approximate surface area is 145 Å². The zero-order valence-corrected chi connectivity index (χ0v) is 13.8. The lowest BCUT2D eigenvalue weighted by atomic mass is 10.2. The van der Waals surface area contributed by atoms with Crippen molar-refractivity contribution in [3.05, 3.63) is 47.7 Å². The summed E-state index contributed by atoms with van der Waals surface area (Å²) in [5, 5.41) is 2.92. The van der Waals surface area contributed by atoms with Gasteiger partial charge in [-0.15, -0.1) is 0 Å². The third-order valence-electron chi connectivity index (χ3n) is 4.30. The van der Waals surface area contributed by atoms with Crippen LogP contribution in [0.1, 0.15) is 15.9 Å². The number of benzene rings is 1. The summed E-state index contributed by atoms with van der Waals surface area (Å²) in [6, 6.07) is 9.42. The van der Waals surface area contributed by atoms with Gasteiger partial charge in [0, 0.05) is 12.6 Å². The topological polar surface area (TPSA) is 74.2 Å². The molecule has 0 spiro atoms. The van der Waals surface area contributed by atoms with E-state index in [2.05, 4.69) is 15.2 Å². The van der Waals surface area contributed by atoms with Gasteiger partial charge in [-0.3, -0.25) is 9.69 Å². The number of amides is 1. The standard InChI is InChI=1S/C18H19N3O4/c22-18(20-10-13-1-3-15-16(9-13)25-12-24-15)14-2-4-17(19-11-14)21-5-7-23-8-6-21/h1-4,9,11H,5-8,10,12H2,(H,20,22)/p+1. The first kappa shape index (κ1) is 15.7. The first-order chi connectivity index (χ1) is 12.3. The lowest BCUT2D eigenvalue weighted by Gasteiger charge is -2.21. The second-order valence-electron chi connectivity index (χ2n) is 5.93. The molecule has 2 aliphatic rings. The van der Waals surface area contributed by atoms with Crippen molar-refractivity contribution in [1.29, 1.82) is 0 Å². The summed E-state index contributed by atoms with van der Waals surface area (Å²) < 4.78 is 16.0. The Kier molecular flexibility index (Phi) is 4.39. The Morgan fingerprint density at radius 2 is 1.96 bits per heavy atom. The molecule has 1 amide bonds. The van der Waals surface area contributed by atoms with E-state index >= 15 is 0 Å². The van der Waals surface area contributed by atoms with Crippen LogP contribution in [0.15, 0.2) is 36.5 Å². The monoisotopic (exact) mass is 342 g/mol. The smallest absolute Gasteiger partial charge is 0.274 e. The highest BCUT2D eigenvalue weighted by atomic mass is 16.7. The van der Waals surface area contributed by atoms with Gasteiger partial charge >= 0.3 is 0 Å². The van der Waals surface area contributed by atoms with Gasteiger partial charge in [0.2, 0.25) is 6.79 Å². The zero-order chi connectivity index (χ0) is 17.1. The number of carbonyl (C=O) groups excluding carboxylic acids is 1. The number of aromatic amines is 1. The number of anilines is 1. The summed E-state index contributed by atoms with van der Waals surface area (Å²) in [6.45, 7) is 3.84. The van der Waals surface area contributed by atoms with Crippen molar-refractivity contribution in [3.63, 3.8) is 0 Å². The molecule has 130 valence electrons. The Balaban J connectivity index is 1.36. The minimum atomic E-state index is -0.123. The van der Waals surface area contributed by atoms with Gasteiger partial charge < -0.3 is 19.5 Å². The molecule has 3 heterocycles. The van der Waals surface area contributed by atoms with Gasteiger partial charge in [0.25, 0.3) is 11.7 Å². The fraction of sp³-hybridized carbons (Fsp3) is 0.333. The zero-order valence-electron chi connectivity index (χ0n) is 13.8. The molecule has 0 atom stereocenters. The molecule has 2 aromatic rings. The van der Waals surface area contributed by atoms with Gasteiger partial charge in [-0.25, -0.2) is 4.98 Å². The average Bonchev–Trinajstić information content (AvgIpc) is 3.15. The molecule has 1 saturated heterocycles. The van der Waals surface area contributed by atoms with Crippen molar-refractivity contribution in [2.24, 2.45) is 0 Å². The Morgan fingerprint density at radius 1 is 1.12 bits per heavy atom. The van der Waals surface area contributed by atoms with E-state index < -0.39 is 0 Å². The summed E-state index contributed by atoms with van der Waals surface area (Å²) >= 11 is 0. The number of pyridine rings is 1. The number of carbonyl (C=O) groups is 1. The molecule has 1 aromatic heterocycles. The first-order valence-electron chi connectivity index (χ1n) is 8.31. The molecule has 4 rings (SSSR count). The van der Waals surface area contributed by atoms with Crippen LogP contribution in [-0.4, -0.2) is 39.0 Å². The largest absolute Gasteiger partial charge is 0.454 e. The normalized spacial score (nSPS) is 15.9. The number of morpholine rings is 1. The lowest BCUT2D eigenvalue weighted by molar-refractivity contribution is -0.364. The molecule has 7 heteroatoms. The third-order valence-corrected chi connectivity index (χ3v) is 4.30. The van der Waals surface area contributed by atoms with Crippen LogP contribution in [-0.2, 0) is 11.3 Å². The Morgan fingerprint density at radius 3 is 2.76 bits per heavy atom. The molecule has 25 heavy (non-hydrogen) atoms. The number of nitrogens with zero attached hydrogens (tertiary/aromatic N) is 1. The molecule has 1 fully saturated rings. The molecule has 2 aliphatic heterocycles. The second kappa shape index (κ2) is 6.98. The molecule has 2 N–H and O–H groups in total. The van der Waals surface area contributed by atoms with Crippen LogP contribution >= 0.6 is 0 Å². The number of hydrogen-bond donors (Lipinski definition) is 1. The van der Waals surface area contributed by atoms with Gasteiger partial charge in [-0.05, 0) is 23.8 Å². The van der Waals surface area contributed by atoms with Crippen LogP contribution in [0, 0.1) is 0 Å². The molecular weight excluding hydrogens is 322 g/mol. The maximum atomic E-state index is 12.3. The van der Waals surface area contributed by atoms with Crippen molar-refractivity contribution in [3.8, 4) is 11.5 Å². The van der Waals surface area contributed by atoms with Crippen LogP contribution in [0.2, 0.25) is 0 Å². The fourth-order valence-corrected chi connectivity index (χ4v) is 2.89. The lowest BCUT2D eigenvalue weighted by Crippen LogP contribution is -2.39. The molecule has 0 unspecified atom stereocenters. The van der Waals surface area contributed by atoms with Gasteiger partial charge in [0.1, 0.15) is 19.3 Å². The number of aromatic nitrogens is 1. The quantitative estimate of drug-likeness (QED) is 0.897. The van der Waals surface area contributed by atoms with E-state index in [0.29, 0.717) is 12.1 Å². The van der Waals surface area contributed by atoms with Crippen molar-refractivity contribution in [1.82, 2.24) is 5.32 Å². The number of rotatable bonds is 4. The van der Waals surface area contributed by atoms with Gasteiger partial charge in [-0.1, -0.05) is 6.07 Å². The van der Waals surface area contributed by atoms with E-state index in [4.69, 9.17) is 14.2 Å². The highest BCUT2D eigenvalue weighted by Gasteiger charge is 2.19. The van der Waals surface area contributed by atoms with Crippen molar-refractivity contribution >= 4 is 11.7 Å². The van der Waals surface area contributed by atoms with Crippen LogP contribution in [0.5, 0.6) is 11.5 Å². The second-order valence-corrected chi connectivity index (χ2v) is 5.93. The van der Waals surface area contributed by atoms with Crippen LogP contribution in [0.3, 0.4) is 0 Å². The SMILES string of the molecule is O=C(NCc1ccc2c(c1)OCO2)c1ccc(N2CCOCC2)[nH+]c1. The fourth-order valence-electron chi connectivity index (χ4n) is 2.89. The van der Waals surface area contributed by atoms with Crippen LogP contribution < -0.4 is 24.7 Å². The first-order valence-corrected chi connectivity index (χ1v) is 8.31. The maximum Gasteiger partial charge on any atom is 0.274 e. The molecule has 0 bridgehead atoms. The van der Waals surface area contributed by atoms with E-state index in [1.165, 1.54) is 0 Å². The van der Waals surface area contributed by atoms with Crippen molar-refractivity contribution < 1.29 is 24.0 Å². The molecular formula is C18H20N3O4+. The van der Waals surface area contributed by atoms with E-state index in [1.54, 1.807) is 6.20 Å². The predicted octanol–water partition coefficient (Wildman–Crippen LogP) is 0.996. The van der Waals surface area contributed by atoms with Gasteiger partial charge in [0.15, 0.2) is 11.5 Å². The summed E-state index contributed by atoms with van der Waals surface area (Å²) in [7, 11) is 0. The van der Waals surface area contributed by atoms with E-state index in [9.17, 15) is 4.79 Å². The number of H-pyrrole nitrogens is 1. The summed E-state index contributed by atoms with van der Waals surface area (Å²) in [4.78, 5) is 17.7. The molecule has 7 nitrogen and oxygen atoms in total. The molecule has 1 aromatic carbocycles. The van der Waals surface area contributed by atoms with Crippen molar-refractivity contribution in [2.45, 2.75) is 6.54 Å². The molecule has 0 aliphatic carbocycles. The minimum absolute atomic E-state index is 0.123. The summed E-state index contributed by atoms with van der Waals surface area (Å²) in [6.07, 6.45) is 1.74. The summed E-state index contributed by atoms with van der Waals surface area (Å²) in [5.74, 6) is 2.33. The predicted molar refractivity (Wildman–Crippen MR) is 89.8 cm³/mol. The maximum absolute atomic E-state index is 12.3. The van der Waals surface area contributed by atoms with Gasteiger partial charge in [0.05, 0.1) is 18.8 Å². The number of ether oxygens (including phenoxy) is 3. The molecule has 0 saturated carbocycles. The van der Waals surface area contributed by atoms with Crippen molar-refractivity contribution in [2.75, 3.05) is 38.0 Å². The van der Waals surface area contributed by atoms with Crippen LogP contribution in [0.25, 0.3) is 0 Å².